The number of aromatic hydroxyl groups is 1. The molecule has 1 unspecified atom stereocenters. The Hall–Kier alpha value is -1.37. The largest absolute Gasteiger partial charge is 0.493 e. The first-order valence-corrected chi connectivity index (χ1v) is 7.12. The number of hydrogen-bond acceptors (Lipinski definition) is 5. The molecule has 2 N–H and O–H groups in total. The van der Waals surface area contributed by atoms with E-state index in [1.165, 1.54) is 6.92 Å². The van der Waals surface area contributed by atoms with Gasteiger partial charge in [0.05, 0.1) is 5.56 Å². The van der Waals surface area contributed by atoms with Crippen molar-refractivity contribution in [3.8, 4) is 5.88 Å². The molecule has 0 aromatic carbocycles. The Morgan fingerprint density at radius 3 is 2.18 bits per heavy atom. The lowest BCUT2D eigenvalue weighted by Crippen LogP contribution is -2.21. The second-order valence-corrected chi connectivity index (χ2v) is 6.68. The van der Waals surface area contributed by atoms with Gasteiger partial charge in [-0.15, -0.1) is 0 Å². The number of sulfone groups is 1. The molecule has 6 nitrogen and oxygen atoms in total. The van der Waals surface area contributed by atoms with E-state index in [1.807, 2.05) is 0 Å². The van der Waals surface area contributed by atoms with Crippen LogP contribution in [0.4, 0.5) is 0 Å². The maximum atomic E-state index is 11.7. The molecular formula is C10H16N2O4S. The molecule has 0 radical (unpaired) electrons. The number of aromatic nitrogens is 2. The fourth-order valence-corrected chi connectivity index (χ4v) is 1.92. The summed E-state index contributed by atoms with van der Waals surface area (Å²) in [6.07, 6.45) is 1.05. The van der Waals surface area contributed by atoms with Crippen molar-refractivity contribution >= 4 is 9.84 Å². The summed E-state index contributed by atoms with van der Waals surface area (Å²) in [5.74, 6) is -0.637. The Morgan fingerprint density at radius 2 is 1.82 bits per heavy atom. The molecule has 0 aliphatic rings. The van der Waals surface area contributed by atoms with Crippen molar-refractivity contribution in [2.75, 3.05) is 6.26 Å². The van der Waals surface area contributed by atoms with Gasteiger partial charge in [-0.3, -0.25) is 4.79 Å². The Bertz CT molecular complexity index is 574. The molecular weight excluding hydrogens is 244 g/mol. The van der Waals surface area contributed by atoms with E-state index >= 15 is 0 Å². The van der Waals surface area contributed by atoms with E-state index in [4.69, 9.17) is 0 Å². The average molecular weight is 260 g/mol. The molecule has 0 saturated heterocycles. The maximum Gasteiger partial charge on any atom is 0.258 e. The van der Waals surface area contributed by atoms with Crippen LogP contribution >= 0.6 is 0 Å². The Balaban J connectivity index is 3.39. The highest BCUT2D eigenvalue weighted by molar-refractivity contribution is 7.90. The van der Waals surface area contributed by atoms with E-state index in [0.29, 0.717) is 0 Å². The zero-order chi connectivity index (χ0) is 13.4. The molecule has 96 valence electrons. The van der Waals surface area contributed by atoms with Crippen molar-refractivity contribution in [1.29, 1.82) is 0 Å². The van der Waals surface area contributed by atoms with Crippen molar-refractivity contribution in [3.05, 3.63) is 21.7 Å². The lowest BCUT2D eigenvalue weighted by molar-refractivity contribution is 0.435. The van der Waals surface area contributed by atoms with Crippen LogP contribution in [-0.2, 0) is 9.84 Å². The Kier molecular flexibility index (Phi) is 3.61. The quantitative estimate of drug-likeness (QED) is 0.833. The van der Waals surface area contributed by atoms with Crippen LogP contribution < -0.4 is 5.56 Å². The predicted octanol–water partition coefficient (Wildman–Crippen LogP) is 0.705. The minimum atomic E-state index is -3.37. The van der Waals surface area contributed by atoms with Gasteiger partial charge in [0.2, 0.25) is 5.88 Å². The minimum absolute atomic E-state index is 0.0422. The van der Waals surface area contributed by atoms with Crippen LogP contribution in [0.2, 0.25) is 0 Å². The highest BCUT2D eigenvalue weighted by atomic mass is 32.2. The molecule has 0 aliphatic heterocycles. The van der Waals surface area contributed by atoms with Crippen LogP contribution in [0.3, 0.4) is 0 Å². The summed E-state index contributed by atoms with van der Waals surface area (Å²) in [4.78, 5) is 17.8. The third-order valence-corrected chi connectivity index (χ3v) is 4.07. The topological polar surface area (TPSA) is 100 Å². The number of H-pyrrole nitrogens is 1. The van der Waals surface area contributed by atoms with Gasteiger partial charge in [-0.2, -0.15) is 4.98 Å². The highest BCUT2D eigenvalue weighted by Crippen LogP contribution is 2.22. The van der Waals surface area contributed by atoms with Gasteiger partial charge < -0.3 is 10.1 Å². The van der Waals surface area contributed by atoms with Crippen molar-refractivity contribution in [2.45, 2.75) is 31.9 Å². The predicted molar refractivity (Wildman–Crippen MR) is 63.9 cm³/mol. The van der Waals surface area contributed by atoms with E-state index in [2.05, 4.69) is 9.97 Å². The number of hydrogen-bond donors (Lipinski definition) is 2. The summed E-state index contributed by atoms with van der Waals surface area (Å²) in [5, 5.41) is 8.68. The summed E-state index contributed by atoms with van der Waals surface area (Å²) < 4.78 is 22.7. The first-order chi connectivity index (χ1) is 7.64. The molecule has 0 aliphatic carbocycles. The normalized spacial score (nSPS) is 13.9. The van der Waals surface area contributed by atoms with Crippen molar-refractivity contribution < 1.29 is 13.5 Å². The van der Waals surface area contributed by atoms with Gasteiger partial charge >= 0.3 is 0 Å². The van der Waals surface area contributed by atoms with Crippen LogP contribution in [0, 0.1) is 0 Å². The molecule has 1 aromatic rings. The summed E-state index contributed by atoms with van der Waals surface area (Å²) in [7, 11) is -3.37. The SMILES string of the molecule is CC(C)c1c(O)nc(C(C)S(C)(=O)=O)[nH]c1=O. The second-order valence-electron chi connectivity index (χ2n) is 4.31. The Morgan fingerprint density at radius 1 is 1.29 bits per heavy atom. The highest BCUT2D eigenvalue weighted by Gasteiger charge is 2.23. The lowest BCUT2D eigenvalue weighted by atomic mass is 10.1. The molecule has 0 saturated carbocycles. The van der Waals surface area contributed by atoms with Crippen LogP contribution in [0.15, 0.2) is 4.79 Å². The van der Waals surface area contributed by atoms with E-state index < -0.39 is 26.5 Å². The monoisotopic (exact) mass is 260 g/mol. The average Bonchev–Trinajstić information content (AvgIpc) is 2.13. The van der Waals surface area contributed by atoms with Crippen LogP contribution in [0.1, 0.15) is 43.3 Å². The standard InChI is InChI=1S/C10H16N2O4S/c1-5(2)7-9(13)11-8(12-10(7)14)6(3)17(4,15)16/h5-6H,1-4H3,(H2,11,12,13,14). The molecule has 0 spiro atoms. The fraction of sp³-hybridized carbons (Fsp3) is 0.600. The minimum Gasteiger partial charge on any atom is -0.493 e. The first kappa shape index (κ1) is 13.7. The fourth-order valence-electron chi connectivity index (χ4n) is 1.40. The number of nitrogens with one attached hydrogen (secondary N) is 1. The van der Waals surface area contributed by atoms with E-state index in [0.717, 1.165) is 6.26 Å². The molecule has 1 rings (SSSR count). The summed E-state index contributed by atoms with van der Waals surface area (Å²) >= 11 is 0. The van der Waals surface area contributed by atoms with Crippen molar-refractivity contribution in [2.24, 2.45) is 0 Å². The summed E-state index contributed by atoms with van der Waals surface area (Å²) in [5.41, 5.74) is -0.340. The lowest BCUT2D eigenvalue weighted by Gasteiger charge is -2.11. The number of aromatic amines is 1. The van der Waals surface area contributed by atoms with Crippen LogP contribution in [0.25, 0.3) is 0 Å². The number of rotatable bonds is 3. The van der Waals surface area contributed by atoms with Crippen LogP contribution in [-0.4, -0.2) is 29.7 Å². The zero-order valence-electron chi connectivity index (χ0n) is 10.2. The number of nitrogens with zero attached hydrogens (tertiary/aromatic N) is 1. The first-order valence-electron chi connectivity index (χ1n) is 5.16. The van der Waals surface area contributed by atoms with E-state index in [1.54, 1.807) is 13.8 Å². The molecule has 1 atom stereocenters. The van der Waals surface area contributed by atoms with E-state index in [9.17, 15) is 18.3 Å². The molecule has 0 fully saturated rings. The van der Waals surface area contributed by atoms with Gasteiger partial charge in [-0.1, -0.05) is 13.8 Å². The van der Waals surface area contributed by atoms with Crippen molar-refractivity contribution in [3.63, 3.8) is 0 Å². The van der Waals surface area contributed by atoms with Gasteiger partial charge in [-0.25, -0.2) is 8.42 Å². The van der Waals surface area contributed by atoms with Gasteiger partial charge in [0.15, 0.2) is 9.84 Å². The van der Waals surface area contributed by atoms with Crippen LogP contribution in [0.5, 0.6) is 5.88 Å². The van der Waals surface area contributed by atoms with Gasteiger partial charge in [0, 0.05) is 6.26 Å². The van der Waals surface area contributed by atoms with Gasteiger partial charge in [-0.05, 0) is 12.8 Å². The molecule has 17 heavy (non-hydrogen) atoms. The van der Waals surface area contributed by atoms with E-state index in [-0.39, 0.29) is 17.3 Å². The molecule has 1 aromatic heterocycles. The smallest absolute Gasteiger partial charge is 0.258 e. The van der Waals surface area contributed by atoms with Crippen molar-refractivity contribution in [1.82, 2.24) is 9.97 Å². The second kappa shape index (κ2) is 4.48. The third-order valence-electron chi connectivity index (χ3n) is 2.56. The maximum absolute atomic E-state index is 11.7. The van der Waals surface area contributed by atoms with Gasteiger partial charge in [0.25, 0.3) is 5.56 Å². The third kappa shape index (κ3) is 2.85. The van der Waals surface area contributed by atoms with Gasteiger partial charge in [0.1, 0.15) is 11.1 Å². The zero-order valence-corrected chi connectivity index (χ0v) is 11.0. The molecule has 0 amide bonds. The summed E-state index contributed by atoms with van der Waals surface area (Å²) in [6, 6.07) is 0. The Labute approximate surface area is 99.6 Å². The molecule has 1 heterocycles. The molecule has 7 heteroatoms. The summed E-state index contributed by atoms with van der Waals surface area (Å²) in [6.45, 7) is 4.89. The molecule has 0 bridgehead atoms.